The third-order valence-corrected chi connectivity index (χ3v) is 3.67. The van der Waals surface area contributed by atoms with Crippen LogP contribution in [0.2, 0.25) is 0 Å². The Kier molecular flexibility index (Phi) is 37.7. The summed E-state index contributed by atoms with van der Waals surface area (Å²) in [6, 6.07) is 0. The topological polar surface area (TPSA) is 188 Å². The first-order valence-corrected chi connectivity index (χ1v) is 11.0. The van der Waals surface area contributed by atoms with Gasteiger partial charge in [-0.25, -0.2) is 0 Å². The van der Waals surface area contributed by atoms with Crippen LogP contribution in [0.5, 0.6) is 0 Å². The fraction of sp³-hybridized carbons (Fsp3) is 0.773. The van der Waals surface area contributed by atoms with Crippen molar-refractivity contribution in [1.82, 2.24) is 0 Å². The summed E-state index contributed by atoms with van der Waals surface area (Å²) in [4.78, 5) is 49.6. The van der Waals surface area contributed by atoms with Gasteiger partial charge in [0.2, 0.25) is 0 Å². The van der Waals surface area contributed by atoms with Crippen molar-refractivity contribution in [2.45, 2.75) is 90.9 Å². The Hall–Kier alpha value is -1.05. The predicted molar refractivity (Wildman–Crippen MR) is 116 cm³/mol. The van der Waals surface area contributed by atoms with E-state index in [0.29, 0.717) is 38.9 Å². The summed E-state index contributed by atoms with van der Waals surface area (Å²) in [5.74, 6) is -2.92. The van der Waals surface area contributed by atoms with Gasteiger partial charge in [-0.05, 0) is 57.8 Å². The second-order valence-electron chi connectivity index (χ2n) is 7.00. The maximum atomic E-state index is 10.5. The van der Waals surface area contributed by atoms with Crippen LogP contribution in [-0.2, 0) is 33.4 Å². The molecular formula is C22H39KO11. The van der Waals surface area contributed by atoms with Crippen molar-refractivity contribution >= 4 is 29.8 Å². The molecule has 0 unspecified atom stereocenters. The average Bonchev–Trinajstić information content (AvgIpc) is 2.95. The first-order chi connectivity index (χ1) is 15.5. The number of carboxylic acid groups (broad SMARTS) is 3. The van der Waals surface area contributed by atoms with E-state index in [4.69, 9.17) is 24.9 Å². The van der Waals surface area contributed by atoms with Gasteiger partial charge in [-0.3, -0.25) is 19.2 Å². The van der Waals surface area contributed by atoms with Gasteiger partial charge in [0.05, 0.1) is 13.2 Å². The minimum absolute atomic E-state index is 0. The number of cyclic esters (lactones) is 1. The molecule has 1 saturated heterocycles. The van der Waals surface area contributed by atoms with E-state index >= 15 is 0 Å². The Labute approximate surface area is 244 Å². The van der Waals surface area contributed by atoms with Crippen LogP contribution in [-0.4, -0.2) is 65.0 Å². The van der Waals surface area contributed by atoms with Gasteiger partial charge in [0.15, 0.2) is 0 Å². The largest absolute Gasteiger partial charge is 1.00 e. The third kappa shape index (κ3) is 52.7. The summed E-state index contributed by atoms with van der Waals surface area (Å²) in [6.45, 7) is 3.62. The van der Waals surface area contributed by atoms with Crippen molar-refractivity contribution in [3.05, 3.63) is 0 Å². The van der Waals surface area contributed by atoms with Crippen molar-refractivity contribution < 1.29 is 105 Å². The molecule has 0 spiro atoms. The van der Waals surface area contributed by atoms with Crippen LogP contribution in [0.15, 0.2) is 0 Å². The van der Waals surface area contributed by atoms with E-state index in [0.717, 1.165) is 45.4 Å². The van der Waals surface area contributed by atoms with E-state index in [2.05, 4.69) is 4.74 Å². The molecule has 1 fully saturated rings. The maximum Gasteiger partial charge on any atom is 1.00 e. The average molecular weight is 519 g/mol. The second-order valence-corrected chi connectivity index (χ2v) is 7.00. The van der Waals surface area contributed by atoms with E-state index in [-0.39, 0.29) is 82.8 Å². The zero-order chi connectivity index (χ0) is 25.9. The number of unbranched alkanes of at least 4 members (excludes halogenated alkanes) is 4. The van der Waals surface area contributed by atoms with Crippen molar-refractivity contribution in [2.75, 3.05) is 19.8 Å². The number of hydrogen-bond donors (Lipinski definition) is 3. The predicted octanol–water partition coefficient (Wildman–Crippen LogP) is -1.32. The quantitative estimate of drug-likeness (QED) is 0.167. The van der Waals surface area contributed by atoms with Crippen molar-refractivity contribution in [2.24, 2.45) is 0 Å². The Morgan fingerprint density at radius 3 is 1.97 bits per heavy atom. The number of aliphatic carboxylic acids is 3. The number of carbonyl (C=O) groups is 5. The number of aliphatic hydroxyl groups is 1. The molecular weight excluding hydrogens is 479 g/mol. The molecule has 1 rings (SSSR count). The van der Waals surface area contributed by atoms with Gasteiger partial charge in [-0.2, -0.15) is 0 Å². The molecule has 0 bridgehead atoms. The van der Waals surface area contributed by atoms with Crippen LogP contribution >= 0.6 is 0 Å². The fourth-order valence-corrected chi connectivity index (χ4v) is 2.14. The summed E-state index contributed by atoms with van der Waals surface area (Å²) in [7, 11) is 0. The monoisotopic (exact) mass is 518 g/mol. The van der Waals surface area contributed by atoms with Crippen LogP contribution in [0.4, 0.5) is 0 Å². The number of ether oxygens (including phenoxy) is 2. The van der Waals surface area contributed by atoms with Gasteiger partial charge < -0.3 is 34.7 Å². The van der Waals surface area contributed by atoms with E-state index in [9.17, 15) is 24.3 Å². The molecule has 3 N–H and O–H groups in total. The van der Waals surface area contributed by atoms with Crippen LogP contribution in [0.1, 0.15) is 90.9 Å². The first-order valence-electron chi connectivity index (χ1n) is 11.0. The number of carbonyl (C=O) groups excluding carboxylic acids is 3. The molecule has 0 amide bonds. The summed E-state index contributed by atoms with van der Waals surface area (Å²) in [6.07, 6.45) is 8.39. The molecule has 0 aliphatic carbocycles. The minimum Gasteiger partial charge on any atom is -0.550 e. The van der Waals surface area contributed by atoms with Crippen molar-refractivity contribution in [1.29, 1.82) is 0 Å². The van der Waals surface area contributed by atoms with E-state index in [1.165, 1.54) is 6.92 Å². The van der Waals surface area contributed by atoms with E-state index < -0.39 is 17.9 Å². The molecule has 12 heteroatoms. The number of carboxylic acids is 3. The van der Waals surface area contributed by atoms with Crippen LogP contribution < -0.4 is 56.5 Å². The maximum absolute atomic E-state index is 10.5. The van der Waals surface area contributed by atoms with Crippen LogP contribution in [0, 0.1) is 0 Å². The van der Waals surface area contributed by atoms with Gasteiger partial charge in [-0.15, -0.1) is 0 Å². The van der Waals surface area contributed by atoms with E-state index in [1.54, 1.807) is 0 Å². The summed E-state index contributed by atoms with van der Waals surface area (Å²) < 4.78 is 9.43. The zero-order valence-corrected chi connectivity index (χ0v) is 23.8. The van der Waals surface area contributed by atoms with Crippen molar-refractivity contribution in [3.8, 4) is 0 Å². The Balaban J connectivity index is -0.000000184. The fourth-order valence-electron chi connectivity index (χ4n) is 2.14. The number of esters is 2. The van der Waals surface area contributed by atoms with Crippen LogP contribution in [0.3, 0.4) is 0 Å². The molecule has 0 radical (unpaired) electrons. The molecule has 34 heavy (non-hydrogen) atoms. The molecule has 194 valence electrons. The molecule has 11 nitrogen and oxygen atoms in total. The normalized spacial score (nSPS) is 11.7. The Bertz CT molecular complexity index is 507. The minimum atomic E-state index is -1.01. The molecule has 1 aliphatic heterocycles. The van der Waals surface area contributed by atoms with Gasteiger partial charge in [0, 0.05) is 39.3 Å². The molecule has 0 atom stereocenters. The number of rotatable bonds is 11. The molecule has 1 heterocycles. The smallest absolute Gasteiger partial charge is 0.550 e. The van der Waals surface area contributed by atoms with Gasteiger partial charge >= 0.3 is 69.3 Å². The standard InChI is InChI=1S/C8H14O4.C6H12O3.C6H10O2.C2H4O2.K/c1-7(9)12-6-4-2-3-5-8(10)11;7-5-3-1-2-4-6(8)9;7-6-4-2-1-3-5-8-6;1-2(3)4;/h2-6H2,1H3,(H,10,11);7H,1-5H2,(H,8,9);1-5H2;1H3,(H,3,4);/q;;;;+1/p-1. The second kappa shape index (κ2) is 31.9. The Morgan fingerprint density at radius 1 is 0.912 bits per heavy atom. The SMILES string of the molecule is CC(=O)O.CC(=O)OCCCCCC(=O)O.O=C([O-])CCCCCO.O=C1CCCCCO1.[K+]. The van der Waals surface area contributed by atoms with Crippen LogP contribution in [0.25, 0.3) is 0 Å². The molecule has 0 saturated carbocycles. The first kappa shape index (κ1) is 40.1. The summed E-state index contributed by atoms with van der Waals surface area (Å²) in [5, 5.41) is 33.7. The summed E-state index contributed by atoms with van der Waals surface area (Å²) >= 11 is 0. The third-order valence-electron chi connectivity index (χ3n) is 3.67. The van der Waals surface area contributed by atoms with E-state index in [1.807, 2.05) is 0 Å². The molecule has 0 aromatic carbocycles. The molecule has 1 aliphatic rings. The zero-order valence-electron chi connectivity index (χ0n) is 20.7. The van der Waals surface area contributed by atoms with Gasteiger partial charge in [-0.1, -0.05) is 6.42 Å². The number of hydrogen-bond acceptors (Lipinski definition) is 9. The Morgan fingerprint density at radius 2 is 1.47 bits per heavy atom. The molecule has 0 aromatic rings. The number of aliphatic hydroxyl groups excluding tert-OH is 1. The van der Waals surface area contributed by atoms with Gasteiger partial charge in [0.25, 0.3) is 5.97 Å². The molecule has 0 aromatic heterocycles. The summed E-state index contributed by atoms with van der Waals surface area (Å²) in [5.41, 5.74) is 0. The van der Waals surface area contributed by atoms with Gasteiger partial charge in [0.1, 0.15) is 0 Å². The van der Waals surface area contributed by atoms with Crippen molar-refractivity contribution in [3.63, 3.8) is 0 Å².